The average molecular weight is 436 g/mol. The number of piperidine rings is 1. The van der Waals surface area contributed by atoms with E-state index in [9.17, 15) is 13.2 Å². The quantitative estimate of drug-likeness (QED) is 0.578. The summed E-state index contributed by atoms with van der Waals surface area (Å²) < 4.78 is 31.5. The molecule has 0 radical (unpaired) electrons. The summed E-state index contributed by atoms with van der Waals surface area (Å²) in [6, 6.07) is 25.5. The van der Waals surface area contributed by atoms with Crippen molar-refractivity contribution in [3.8, 4) is 5.75 Å². The lowest BCUT2D eigenvalue weighted by atomic mass is 10.1. The zero-order valence-electron chi connectivity index (χ0n) is 17.2. The molecule has 3 aromatic carbocycles. The van der Waals surface area contributed by atoms with Crippen LogP contribution in [0, 0.1) is 0 Å². The second-order valence-electron chi connectivity index (χ2n) is 7.65. The van der Waals surface area contributed by atoms with Crippen molar-refractivity contribution in [2.24, 2.45) is 0 Å². The predicted molar refractivity (Wildman–Crippen MR) is 120 cm³/mol. The fourth-order valence-electron chi connectivity index (χ4n) is 3.81. The van der Waals surface area contributed by atoms with Gasteiger partial charge >= 0.3 is 0 Å². The number of benzene rings is 3. The molecule has 5 nitrogen and oxygen atoms in total. The van der Waals surface area contributed by atoms with Crippen LogP contribution < -0.4 is 4.74 Å². The Kier molecular flexibility index (Phi) is 6.37. The van der Waals surface area contributed by atoms with Gasteiger partial charge < -0.3 is 9.64 Å². The Hall–Kier alpha value is -3.12. The number of amides is 1. The molecule has 1 heterocycles. The molecule has 1 fully saturated rings. The SMILES string of the molecule is O=C(c1cccc(OCc2ccccc2)c1)N1CCC(S(=O)(=O)c2ccccc2)CC1. The highest BCUT2D eigenvalue weighted by molar-refractivity contribution is 7.92. The summed E-state index contributed by atoms with van der Waals surface area (Å²) in [6.07, 6.45) is 0.875. The predicted octanol–water partition coefficient (Wildman–Crippen LogP) is 4.34. The molecule has 6 heteroatoms. The fraction of sp³-hybridized carbons (Fsp3) is 0.240. The van der Waals surface area contributed by atoms with E-state index in [0.29, 0.717) is 48.7 Å². The summed E-state index contributed by atoms with van der Waals surface area (Å²) in [5.41, 5.74) is 1.61. The number of sulfone groups is 1. The van der Waals surface area contributed by atoms with E-state index in [0.717, 1.165) is 5.56 Å². The van der Waals surface area contributed by atoms with Crippen molar-refractivity contribution in [1.29, 1.82) is 0 Å². The van der Waals surface area contributed by atoms with Gasteiger partial charge in [0, 0.05) is 18.7 Å². The number of hydrogen-bond acceptors (Lipinski definition) is 4. The van der Waals surface area contributed by atoms with Crippen molar-refractivity contribution in [3.63, 3.8) is 0 Å². The molecule has 0 aliphatic carbocycles. The lowest BCUT2D eigenvalue weighted by Crippen LogP contribution is -2.42. The highest BCUT2D eigenvalue weighted by Crippen LogP contribution is 2.26. The molecule has 0 unspecified atom stereocenters. The van der Waals surface area contributed by atoms with Gasteiger partial charge in [0.05, 0.1) is 10.1 Å². The number of hydrogen-bond donors (Lipinski definition) is 0. The van der Waals surface area contributed by atoms with Crippen LogP contribution in [-0.4, -0.2) is 37.6 Å². The van der Waals surface area contributed by atoms with Crippen molar-refractivity contribution in [2.45, 2.75) is 29.6 Å². The maximum Gasteiger partial charge on any atom is 0.253 e. The van der Waals surface area contributed by atoms with Gasteiger partial charge in [0.2, 0.25) is 0 Å². The molecule has 0 aromatic heterocycles. The molecule has 1 aliphatic heterocycles. The summed E-state index contributed by atoms with van der Waals surface area (Å²) in [6.45, 7) is 1.27. The maximum atomic E-state index is 13.0. The number of carbonyl (C=O) groups excluding carboxylic acids is 1. The van der Waals surface area contributed by atoms with Gasteiger partial charge in [-0.1, -0.05) is 54.6 Å². The van der Waals surface area contributed by atoms with Gasteiger partial charge in [0.15, 0.2) is 9.84 Å². The fourth-order valence-corrected chi connectivity index (χ4v) is 5.57. The van der Waals surface area contributed by atoms with Crippen molar-refractivity contribution >= 4 is 15.7 Å². The molecule has 0 spiro atoms. The van der Waals surface area contributed by atoms with Crippen molar-refractivity contribution in [2.75, 3.05) is 13.1 Å². The second kappa shape index (κ2) is 9.35. The number of nitrogens with zero attached hydrogens (tertiary/aromatic N) is 1. The Balaban J connectivity index is 1.37. The summed E-state index contributed by atoms with van der Waals surface area (Å²) in [4.78, 5) is 15.1. The maximum absolute atomic E-state index is 13.0. The van der Waals surface area contributed by atoms with Crippen molar-refractivity contribution in [3.05, 3.63) is 96.1 Å². The number of likely N-dealkylation sites (tertiary alicyclic amines) is 1. The second-order valence-corrected chi connectivity index (χ2v) is 9.88. The Labute approximate surface area is 183 Å². The molecule has 0 saturated carbocycles. The molecule has 160 valence electrons. The lowest BCUT2D eigenvalue weighted by molar-refractivity contribution is 0.0725. The van der Waals surface area contributed by atoms with Crippen molar-refractivity contribution < 1.29 is 17.9 Å². The Morgan fingerprint density at radius 1 is 0.871 bits per heavy atom. The van der Waals surface area contributed by atoms with Crippen LogP contribution in [0.2, 0.25) is 0 Å². The third-order valence-electron chi connectivity index (χ3n) is 5.57. The van der Waals surface area contributed by atoms with E-state index in [1.54, 1.807) is 53.4 Å². The van der Waals surface area contributed by atoms with Gasteiger partial charge in [0.1, 0.15) is 12.4 Å². The average Bonchev–Trinajstić information content (AvgIpc) is 2.84. The van der Waals surface area contributed by atoms with Gasteiger partial charge in [-0.2, -0.15) is 0 Å². The highest BCUT2D eigenvalue weighted by atomic mass is 32.2. The monoisotopic (exact) mass is 435 g/mol. The third-order valence-corrected chi connectivity index (χ3v) is 7.85. The smallest absolute Gasteiger partial charge is 0.253 e. The first-order valence-electron chi connectivity index (χ1n) is 10.4. The molecule has 0 atom stereocenters. The Morgan fingerprint density at radius 3 is 2.19 bits per heavy atom. The number of rotatable bonds is 6. The summed E-state index contributed by atoms with van der Waals surface area (Å²) in [5.74, 6) is 0.539. The molecule has 31 heavy (non-hydrogen) atoms. The van der Waals surface area contributed by atoms with Gasteiger partial charge in [-0.25, -0.2) is 8.42 Å². The normalized spacial score (nSPS) is 14.9. The minimum atomic E-state index is -3.37. The van der Waals surface area contributed by atoms with Gasteiger partial charge in [-0.15, -0.1) is 0 Å². The standard InChI is InChI=1S/C25H25NO4S/c27-25(21-10-7-11-22(18-21)30-19-20-8-3-1-4-9-20)26-16-14-24(15-17-26)31(28,29)23-12-5-2-6-13-23/h1-13,18,24H,14-17,19H2. The van der Waals surface area contributed by atoms with Gasteiger partial charge in [-0.3, -0.25) is 4.79 Å². The zero-order valence-corrected chi connectivity index (χ0v) is 18.0. The Bertz CT molecular complexity index is 1120. The molecular weight excluding hydrogens is 410 g/mol. The Morgan fingerprint density at radius 2 is 1.52 bits per heavy atom. The topological polar surface area (TPSA) is 63.7 Å². The molecule has 4 rings (SSSR count). The van der Waals surface area contributed by atoms with Crippen molar-refractivity contribution in [1.82, 2.24) is 4.90 Å². The lowest BCUT2D eigenvalue weighted by Gasteiger charge is -2.32. The van der Waals surface area contributed by atoms with Gasteiger partial charge in [-0.05, 0) is 48.7 Å². The van der Waals surface area contributed by atoms with E-state index in [1.165, 1.54) is 0 Å². The molecule has 3 aromatic rings. The van der Waals surface area contributed by atoms with Gasteiger partial charge in [0.25, 0.3) is 5.91 Å². The molecule has 1 saturated heterocycles. The van der Waals surface area contributed by atoms with Crippen LogP contribution >= 0.6 is 0 Å². The highest BCUT2D eigenvalue weighted by Gasteiger charge is 2.32. The summed E-state index contributed by atoms with van der Waals surface area (Å²) >= 11 is 0. The van der Waals surface area contributed by atoms with Crippen LogP contribution in [0.1, 0.15) is 28.8 Å². The molecule has 0 N–H and O–H groups in total. The first-order valence-corrected chi connectivity index (χ1v) is 11.9. The minimum absolute atomic E-state index is 0.0966. The van der Waals surface area contributed by atoms with E-state index in [-0.39, 0.29) is 5.91 Å². The number of carbonyl (C=O) groups is 1. The van der Waals surface area contributed by atoms with E-state index in [1.807, 2.05) is 36.4 Å². The van der Waals surface area contributed by atoms with E-state index in [4.69, 9.17) is 4.74 Å². The number of ether oxygens (including phenoxy) is 1. The van der Waals surface area contributed by atoms with Crippen LogP contribution in [0.4, 0.5) is 0 Å². The largest absolute Gasteiger partial charge is 0.489 e. The van der Waals surface area contributed by atoms with E-state index >= 15 is 0 Å². The first kappa shape index (κ1) is 21.1. The minimum Gasteiger partial charge on any atom is -0.489 e. The van der Waals surface area contributed by atoms with Crippen LogP contribution in [0.3, 0.4) is 0 Å². The molecule has 0 bridgehead atoms. The first-order chi connectivity index (χ1) is 15.0. The third kappa shape index (κ3) is 4.97. The van der Waals surface area contributed by atoms with Crippen LogP contribution in [-0.2, 0) is 16.4 Å². The zero-order chi connectivity index (χ0) is 21.7. The van der Waals surface area contributed by atoms with Crippen LogP contribution in [0.5, 0.6) is 5.75 Å². The summed E-state index contributed by atoms with van der Waals surface area (Å²) in [5, 5.41) is -0.459. The van der Waals surface area contributed by atoms with Crippen LogP contribution in [0.15, 0.2) is 89.8 Å². The van der Waals surface area contributed by atoms with E-state index in [2.05, 4.69) is 0 Å². The van der Waals surface area contributed by atoms with Crippen LogP contribution in [0.25, 0.3) is 0 Å². The summed E-state index contributed by atoms with van der Waals surface area (Å²) in [7, 11) is -3.37. The van der Waals surface area contributed by atoms with E-state index < -0.39 is 15.1 Å². The molecule has 1 amide bonds. The molecule has 1 aliphatic rings. The molecular formula is C25H25NO4S.